The fraction of sp³-hybridized carbons (Fsp3) is 0.278. The Kier molecular flexibility index (Phi) is 5.00. The normalized spacial score (nSPS) is 16.7. The lowest BCUT2D eigenvalue weighted by molar-refractivity contribution is -0.0333. The highest BCUT2D eigenvalue weighted by Gasteiger charge is 2.30. The molecule has 5 heteroatoms. The maximum Gasteiger partial charge on any atom is 0.218 e. The Bertz CT molecular complexity index is 639. The minimum Gasteiger partial charge on any atom is -0.467 e. The molecule has 0 aliphatic carbocycles. The van der Waals surface area contributed by atoms with Crippen LogP contribution in [0.15, 0.2) is 54.6 Å². The lowest BCUT2D eigenvalue weighted by atomic mass is 10.1. The van der Waals surface area contributed by atoms with Crippen molar-refractivity contribution in [1.82, 2.24) is 4.90 Å². The van der Waals surface area contributed by atoms with Gasteiger partial charge in [-0.05, 0) is 36.4 Å². The summed E-state index contributed by atoms with van der Waals surface area (Å²) in [5.41, 5.74) is 0.429. The molecular formula is C18H18FNO3. The summed E-state index contributed by atoms with van der Waals surface area (Å²) in [6, 6.07) is 14.8. The predicted octanol–water partition coefficient (Wildman–Crippen LogP) is 2.75. The molecule has 1 fully saturated rings. The molecule has 0 aromatic heterocycles. The number of nitrogens with zero attached hydrogens (tertiary/aromatic N) is 1. The molecule has 2 aromatic carbocycles. The molecule has 1 saturated heterocycles. The highest BCUT2D eigenvalue weighted by molar-refractivity contribution is 5.99. The Morgan fingerprint density at radius 3 is 2.35 bits per heavy atom. The summed E-state index contributed by atoms with van der Waals surface area (Å²) >= 11 is 0. The number of carbonyl (C=O) groups is 1. The van der Waals surface area contributed by atoms with Crippen LogP contribution in [0.4, 0.5) is 4.39 Å². The largest absolute Gasteiger partial charge is 0.467 e. The van der Waals surface area contributed by atoms with Gasteiger partial charge in [0.2, 0.25) is 12.0 Å². The van der Waals surface area contributed by atoms with Gasteiger partial charge in [0.05, 0.1) is 13.2 Å². The van der Waals surface area contributed by atoms with Crippen molar-refractivity contribution in [2.45, 2.75) is 6.23 Å². The smallest absolute Gasteiger partial charge is 0.218 e. The number of benzene rings is 2. The van der Waals surface area contributed by atoms with Gasteiger partial charge in [-0.3, -0.25) is 9.69 Å². The summed E-state index contributed by atoms with van der Waals surface area (Å²) < 4.78 is 24.4. The number of Topliss-reactive ketones (excluding diaryl/α,β-unsaturated/α-hetero) is 1. The molecule has 1 aliphatic heterocycles. The average molecular weight is 315 g/mol. The van der Waals surface area contributed by atoms with Gasteiger partial charge < -0.3 is 9.47 Å². The first kappa shape index (κ1) is 15.6. The van der Waals surface area contributed by atoms with Crippen molar-refractivity contribution in [3.8, 4) is 5.75 Å². The minimum atomic E-state index is -0.744. The van der Waals surface area contributed by atoms with Crippen LogP contribution in [0, 0.1) is 5.82 Å². The van der Waals surface area contributed by atoms with Crippen LogP contribution in [0.2, 0.25) is 0 Å². The number of carbonyl (C=O) groups excluding carboxylic acids is 1. The number of morpholine rings is 1. The standard InChI is InChI=1S/C18H18FNO3/c19-15-8-6-14(7-9-15)17(21)18(20-10-12-22-13-11-20)23-16-4-2-1-3-5-16/h1-9,18H,10-13H2. The van der Waals surface area contributed by atoms with E-state index in [1.807, 2.05) is 35.2 Å². The van der Waals surface area contributed by atoms with Gasteiger partial charge in [-0.25, -0.2) is 4.39 Å². The molecule has 23 heavy (non-hydrogen) atoms. The van der Waals surface area contributed by atoms with E-state index >= 15 is 0 Å². The van der Waals surface area contributed by atoms with Crippen LogP contribution in [0.1, 0.15) is 10.4 Å². The molecule has 0 radical (unpaired) electrons. The van der Waals surface area contributed by atoms with Crippen molar-refractivity contribution >= 4 is 5.78 Å². The van der Waals surface area contributed by atoms with E-state index in [9.17, 15) is 9.18 Å². The van der Waals surface area contributed by atoms with E-state index in [-0.39, 0.29) is 11.6 Å². The monoisotopic (exact) mass is 315 g/mol. The molecule has 3 rings (SSSR count). The second kappa shape index (κ2) is 7.35. The third-order valence-corrected chi connectivity index (χ3v) is 3.72. The van der Waals surface area contributed by atoms with Crippen LogP contribution in [0.25, 0.3) is 0 Å². The summed E-state index contributed by atoms with van der Waals surface area (Å²) in [5, 5.41) is 0. The zero-order valence-electron chi connectivity index (χ0n) is 12.7. The lowest BCUT2D eigenvalue weighted by Gasteiger charge is -2.33. The fourth-order valence-electron chi connectivity index (χ4n) is 2.49. The van der Waals surface area contributed by atoms with Gasteiger partial charge in [0, 0.05) is 18.7 Å². The molecule has 0 saturated carbocycles. The molecular weight excluding hydrogens is 297 g/mol. The van der Waals surface area contributed by atoms with Gasteiger partial charge in [0.15, 0.2) is 0 Å². The van der Waals surface area contributed by atoms with Crippen LogP contribution < -0.4 is 4.74 Å². The average Bonchev–Trinajstić information content (AvgIpc) is 2.61. The van der Waals surface area contributed by atoms with E-state index in [0.717, 1.165) is 0 Å². The molecule has 0 bridgehead atoms. The van der Waals surface area contributed by atoms with Crippen LogP contribution >= 0.6 is 0 Å². The van der Waals surface area contributed by atoms with Crippen LogP contribution in [-0.4, -0.2) is 43.2 Å². The number of ketones is 1. The molecule has 1 atom stereocenters. The van der Waals surface area contributed by atoms with E-state index in [0.29, 0.717) is 37.6 Å². The SMILES string of the molecule is O=C(c1ccc(F)cc1)C(Oc1ccccc1)N1CCOCC1. The van der Waals surface area contributed by atoms with Crippen molar-refractivity contribution in [2.24, 2.45) is 0 Å². The Morgan fingerprint density at radius 2 is 1.70 bits per heavy atom. The topological polar surface area (TPSA) is 38.8 Å². The molecule has 0 N–H and O–H groups in total. The number of ether oxygens (including phenoxy) is 2. The van der Waals surface area contributed by atoms with Gasteiger partial charge in [-0.15, -0.1) is 0 Å². The van der Waals surface area contributed by atoms with E-state index in [2.05, 4.69) is 0 Å². The fourth-order valence-corrected chi connectivity index (χ4v) is 2.49. The summed E-state index contributed by atoms with van der Waals surface area (Å²) in [4.78, 5) is 14.8. The van der Waals surface area contributed by atoms with Gasteiger partial charge in [-0.2, -0.15) is 0 Å². The maximum absolute atomic E-state index is 13.1. The molecule has 1 heterocycles. The van der Waals surface area contributed by atoms with E-state index in [1.165, 1.54) is 24.3 Å². The second-order valence-electron chi connectivity index (χ2n) is 5.30. The third-order valence-electron chi connectivity index (χ3n) is 3.72. The van der Waals surface area contributed by atoms with Gasteiger partial charge in [0.1, 0.15) is 11.6 Å². The molecule has 1 aliphatic rings. The van der Waals surface area contributed by atoms with Crippen LogP contribution in [0.3, 0.4) is 0 Å². The number of halogens is 1. The molecule has 0 amide bonds. The Hall–Kier alpha value is -2.24. The highest BCUT2D eigenvalue weighted by Crippen LogP contribution is 2.18. The molecule has 1 unspecified atom stereocenters. The lowest BCUT2D eigenvalue weighted by Crippen LogP contribution is -2.50. The first-order chi connectivity index (χ1) is 11.2. The van der Waals surface area contributed by atoms with E-state index in [4.69, 9.17) is 9.47 Å². The Morgan fingerprint density at radius 1 is 1.04 bits per heavy atom. The van der Waals surface area contributed by atoms with Crippen LogP contribution in [-0.2, 0) is 4.74 Å². The van der Waals surface area contributed by atoms with Crippen molar-refractivity contribution in [3.63, 3.8) is 0 Å². The van der Waals surface area contributed by atoms with Crippen molar-refractivity contribution in [1.29, 1.82) is 0 Å². The van der Waals surface area contributed by atoms with Crippen molar-refractivity contribution < 1.29 is 18.7 Å². The Labute approximate surface area is 134 Å². The summed E-state index contributed by atoms with van der Waals surface area (Å²) in [5.74, 6) is 0.0728. The maximum atomic E-state index is 13.1. The van der Waals surface area contributed by atoms with Gasteiger partial charge in [0.25, 0.3) is 0 Å². The minimum absolute atomic E-state index is 0.184. The molecule has 4 nitrogen and oxygen atoms in total. The number of hydrogen-bond donors (Lipinski definition) is 0. The molecule has 0 spiro atoms. The third kappa shape index (κ3) is 3.94. The van der Waals surface area contributed by atoms with E-state index < -0.39 is 6.23 Å². The first-order valence-corrected chi connectivity index (χ1v) is 7.57. The Balaban J connectivity index is 1.84. The second-order valence-corrected chi connectivity index (χ2v) is 5.30. The summed E-state index contributed by atoms with van der Waals surface area (Å²) in [6.07, 6.45) is -0.744. The summed E-state index contributed by atoms with van der Waals surface area (Å²) in [6.45, 7) is 2.35. The number of rotatable bonds is 5. The first-order valence-electron chi connectivity index (χ1n) is 7.57. The predicted molar refractivity (Wildman–Crippen MR) is 84.0 cm³/mol. The summed E-state index contributed by atoms with van der Waals surface area (Å²) in [7, 11) is 0. The van der Waals surface area contributed by atoms with Crippen LogP contribution in [0.5, 0.6) is 5.75 Å². The quantitative estimate of drug-likeness (QED) is 0.795. The number of hydrogen-bond acceptors (Lipinski definition) is 4. The molecule has 2 aromatic rings. The van der Waals surface area contributed by atoms with E-state index in [1.54, 1.807) is 0 Å². The number of para-hydroxylation sites is 1. The highest BCUT2D eigenvalue weighted by atomic mass is 19.1. The zero-order valence-corrected chi connectivity index (χ0v) is 12.7. The van der Waals surface area contributed by atoms with Crippen molar-refractivity contribution in [3.05, 3.63) is 66.0 Å². The zero-order chi connectivity index (χ0) is 16.1. The molecule has 120 valence electrons. The van der Waals surface area contributed by atoms with Crippen molar-refractivity contribution in [2.75, 3.05) is 26.3 Å². The van der Waals surface area contributed by atoms with Gasteiger partial charge in [-0.1, -0.05) is 18.2 Å². The van der Waals surface area contributed by atoms with Gasteiger partial charge >= 0.3 is 0 Å².